The van der Waals surface area contributed by atoms with Crippen molar-refractivity contribution in [2.24, 2.45) is 23.2 Å². The lowest BCUT2D eigenvalue weighted by Crippen LogP contribution is -2.16. The van der Waals surface area contributed by atoms with Crippen LogP contribution >= 0.6 is 0 Å². The molecule has 0 heterocycles. The Balaban J connectivity index is 2.68. The van der Waals surface area contributed by atoms with Crippen molar-refractivity contribution < 1.29 is 0 Å². The molecule has 0 aromatic rings. The largest absolute Gasteiger partial charge is 0.0651 e. The Bertz CT molecular complexity index is 157. The first kappa shape index (κ1) is 11.1. The second kappa shape index (κ2) is 4.02. The van der Waals surface area contributed by atoms with Crippen molar-refractivity contribution in [1.29, 1.82) is 0 Å². The van der Waals surface area contributed by atoms with Gasteiger partial charge in [-0.3, -0.25) is 0 Å². The van der Waals surface area contributed by atoms with E-state index >= 15 is 0 Å². The second-order valence-corrected chi connectivity index (χ2v) is 6.06. The fraction of sp³-hybridized carbons (Fsp3) is 1.00. The molecule has 0 heteroatoms. The minimum atomic E-state index is 0.586. The Labute approximate surface area is 84.1 Å². The Hall–Kier alpha value is 0. The fourth-order valence-electron chi connectivity index (χ4n) is 3.47. The van der Waals surface area contributed by atoms with Crippen molar-refractivity contribution in [3.8, 4) is 0 Å². The molecule has 0 aromatic heterocycles. The summed E-state index contributed by atoms with van der Waals surface area (Å²) in [5, 5.41) is 0. The molecule has 0 aliphatic heterocycles. The predicted octanol–water partition coefficient (Wildman–Crippen LogP) is 4.49. The molecule has 3 atom stereocenters. The average Bonchev–Trinajstić information content (AvgIpc) is 2.05. The molecule has 3 unspecified atom stereocenters. The van der Waals surface area contributed by atoms with Gasteiger partial charge in [-0.15, -0.1) is 0 Å². The van der Waals surface area contributed by atoms with Crippen LogP contribution in [0.5, 0.6) is 0 Å². The molecular weight excluding hydrogens is 156 g/mol. The maximum absolute atomic E-state index is 2.45. The second-order valence-electron chi connectivity index (χ2n) is 6.06. The van der Waals surface area contributed by atoms with E-state index in [0.717, 1.165) is 17.8 Å². The maximum atomic E-state index is 2.45. The third kappa shape index (κ3) is 3.00. The fourth-order valence-corrected chi connectivity index (χ4v) is 3.47. The first-order valence-electron chi connectivity index (χ1n) is 5.94. The molecule has 1 rings (SSSR count). The molecular formula is C13H26. The van der Waals surface area contributed by atoms with E-state index in [1.165, 1.54) is 25.7 Å². The lowest BCUT2D eigenvalue weighted by atomic mass is 9.79. The highest BCUT2D eigenvalue weighted by Crippen LogP contribution is 2.42. The SMILES string of the molecule is CCC1CC(C)CC(C)(C)CC1C. The summed E-state index contributed by atoms with van der Waals surface area (Å²) in [5.41, 5.74) is 0.586. The van der Waals surface area contributed by atoms with Crippen molar-refractivity contribution in [3.05, 3.63) is 0 Å². The van der Waals surface area contributed by atoms with E-state index in [1.807, 2.05) is 0 Å². The van der Waals surface area contributed by atoms with Crippen LogP contribution in [-0.2, 0) is 0 Å². The zero-order valence-corrected chi connectivity index (χ0v) is 10.1. The van der Waals surface area contributed by atoms with Gasteiger partial charge in [0.05, 0.1) is 0 Å². The average molecular weight is 182 g/mol. The molecule has 13 heavy (non-hydrogen) atoms. The Morgan fingerprint density at radius 3 is 2.31 bits per heavy atom. The van der Waals surface area contributed by atoms with E-state index in [1.54, 1.807) is 0 Å². The molecule has 0 saturated heterocycles. The van der Waals surface area contributed by atoms with Gasteiger partial charge < -0.3 is 0 Å². The van der Waals surface area contributed by atoms with Gasteiger partial charge in [0.25, 0.3) is 0 Å². The Kier molecular flexibility index (Phi) is 3.43. The third-order valence-electron chi connectivity index (χ3n) is 3.81. The van der Waals surface area contributed by atoms with Gasteiger partial charge in [-0.1, -0.05) is 41.0 Å². The summed E-state index contributed by atoms with van der Waals surface area (Å²) >= 11 is 0. The molecule has 1 fully saturated rings. The molecule has 1 aliphatic carbocycles. The number of rotatable bonds is 1. The van der Waals surface area contributed by atoms with Crippen LogP contribution in [0.25, 0.3) is 0 Å². The molecule has 78 valence electrons. The summed E-state index contributed by atoms with van der Waals surface area (Å²) in [6, 6.07) is 0. The van der Waals surface area contributed by atoms with Crippen LogP contribution in [-0.4, -0.2) is 0 Å². The molecule has 0 radical (unpaired) electrons. The molecule has 0 amide bonds. The highest BCUT2D eigenvalue weighted by atomic mass is 14.4. The molecule has 0 bridgehead atoms. The standard InChI is InChI=1S/C13H26/c1-6-12-7-10(2)8-13(4,5)9-11(12)3/h10-12H,6-9H2,1-5H3. The summed E-state index contributed by atoms with van der Waals surface area (Å²) in [5.74, 6) is 2.85. The van der Waals surface area contributed by atoms with Crippen LogP contribution in [0.4, 0.5) is 0 Å². The first-order valence-corrected chi connectivity index (χ1v) is 5.94. The summed E-state index contributed by atoms with van der Waals surface area (Å²) < 4.78 is 0. The normalized spacial score (nSPS) is 39.9. The molecule has 0 N–H and O–H groups in total. The van der Waals surface area contributed by atoms with Gasteiger partial charge in [0.2, 0.25) is 0 Å². The predicted molar refractivity (Wildman–Crippen MR) is 59.7 cm³/mol. The van der Waals surface area contributed by atoms with E-state index in [-0.39, 0.29) is 0 Å². The van der Waals surface area contributed by atoms with Gasteiger partial charge in [0.15, 0.2) is 0 Å². The minimum absolute atomic E-state index is 0.586. The quantitative estimate of drug-likeness (QED) is 0.524. The zero-order chi connectivity index (χ0) is 10.1. The Morgan fingerprint density at radius 1 is 1.15 bits per heavy atom. The van der Waals surface area contributed by atoms with Gasteiger partial charge in [-0.05, 0) is 42.4 Å². The van der Waals surface area contributed by atoms with Crippen LogP contribution in [0.3, 0.4) is 0 Å². The lowest BCUT2D eigenvalue weighted by Gasteiger charge is -2.27. The highest BCUT2D eigenvalue weighted by Gasteiger charge is 2.31. The molecule has 0 nitrogen and oxygen atoms in total. The summed E-state index contributed by atoms with van der Waals surface area (Å²) in [4.78, 5) is 0. The van der Waals surface area contributed by atoms with Crippen LogP contribution in [0.2, 0.25) is 0 Å². The molecule has 0 spiro atoms. The smallest absolute Gasteiger partial charge is 0.0349 e. The van der Waals surface area contributed by atoms with Gasteiger partial charge in [-0.2, -0.15) is 0 Å². The van der Waals surface area contributed by atoms with Crippen molar-refractivity contribution >= 4 is 0 Å². The Morgan fingerprint density at radius 2 is 1.77 bits per heavy atom. The summed E-state index contributed by atoms with van der Waals surface area (Å²) in [6.07, 6.45) is 5.69. The van der Waals surface area contributed by atoms with E-state index in [4.69, 9.17) is 0 Å². The monoisotopic (exact) mass is 182 g/mol. The molecule has 1 saturated carbocycles. The van der Waals surface area contributed by atoms with Crippen LogP contribution in [0.15, 0.2) is 0 Å². The first-order chi connectivity index (χ1) is 5.94. The van der Waals surface area contributed by atoms with E-state index in [9.17, 15) is 0 Å². The van der Waals surface area contributed by atoms with Crippen molar-refractivity contribution in [2.45, 2.75) is 60.3 Å². The van der Waals surface area contributed by atoms with Gasteiger partial charge in [-0.25, -0.2) is 0 Å². The lowest BCUT2D eigenvalue weighted by molar-refractivity contribution is 0.239. The van der Waals surface area contributed by atoms with Crippen molar-refractivity contribution in [2.75, 3.05) is 0 Å². The van der Waals surface area contributed by atoms with Crippen LogP contribution in [0.1, 0.15) is 60.3 Å². The van der Waals surface area contributed by atoms with E-state index in [2.05, 4.69) is 34.6 Å². The third-order valence-corrected chi connectivity index (χ3v) is 3.81. The van der Waals surface area contributed by atoms with Gasteiger partial charge >= 0.3 is 0 Å². The van der Waals surface area contributed by atoms with Crippen molar-refractivity contribution in [1.82, 2.24) is 0 Å². The summed E-state index contributed by atoms with van der Waals surface area (Å²) in [7, 11) is 0. The number of hydrogen-bond donors (Lipinski definition) is 0. The van der Waals surface area contributed by atoms with E-state index < -0.39 is 0 Å². The van der Waals surface area contributed by atoms with Gasteiger partial charge in [0.1, 0.15) is 0 Å². The van der Waals surface area contributed by atoms with E-state index in [0.29, 0.717) is 5.41 Å². The molecule has 1 aliphatic rings. The molecule has 0 aromatic carbocycles. The topological polar surface area (TPSA) is 0 Å². The van der Waals surface area contributed by atoms with Gasteiger partial charge in [0, 0.05) is 0 Å². The summed E-state index contributed by atoms with van der Waals surface area (Å²) in [6.45, 7) is 12.1. The van der Waals surface area contributed by atoms with Crippen molar-refractivity contribution in [3.63, 3.8) is 0 Å². The maximum Gasteiger partial charge on any atom is -0.0349 e. The minimum Gasteiger partial charge on any atom is -0.0651 e. The highest BCUT2D eigenvalue weighted by molar-refractivity contribution is 4.82. The number of hydrogen-bond acceptors (Lipinski definition) is 0. The van der Waals surface area contributed by atoms with Crippen LogP contribution in [0, 0.1) is 23.2 Å². The van der Waals surface area contributed by atoms with Crippen LogP contribution < -0.4 is 0 Å². The zero-order valence-electron chi connectivity index (χ0n) is 10.1.